The third-order valence-electron chi connectivity index (χ3n) is 5.60. The van der Waals surface area contributed by atoms with Gasteiger partial charge in [0.25, 0.3) is 5.91 Å². The summed E-state index contributed by atoms with van der Waals surface area (Å²) in [6, 6.07) is 8.32. The fourth-order valence-corrected chi connectivity index (χ4v) is 5.51. The minimum atomic E-state index is -0.191. The van der Waals surface area contributed by atoms with E-state index in [9.17, 15) is 4.79 Å². The summed E-state index contributed by atoms with van der Waals surface area (Å²) in [5.41, 5.74) is 4.41. The predicted molar refractivity (Wildman–Crippen MR) is 106 cm³/mol. The third-order valence-corrected chi connectivity index (χ3v) is 6.75. The standard InChI is InChI=1S/C20H22N4OS/c1-3-24-9-8-13-16(11-24)26-20-17(13)19(25)21-18(22-20)14-10-23(2)15-7-5-4-6-12(14)15/h4-7,10,18,22H,3,8-9,11H2,1-2H3,(H,21,25). The van der Waals surface area contributed by atoms with Gasteiger partial charge in [0, 0.05) is 47.7 Å². The van der Waals surface area contributed by atoms with Gasteiger partial charge in [-0.05, 0) is 24.6 Å². The number of anilines is 1. The summed E-state index contributed by atoms with van der Waals surface area (Å²) < 4.78 is 2.12. The van der Waals surface area contributed by atoms with E-state index in [0.717, 1.165) is 42.2 Å². The molecule has 26 heavy (non-hydrogen) atoms. The molecular weight excluding hydrogens is 344 g/mol. The zero-order valence-electron chi connectivity index (χ0n) is 15.0. The summed E-state index contributed by atoms with van der Waals surface area (Å²) in [5, 5.41) is 8.98. The van der Waals surface area contributed by atoms with Crippen molar-refractivity contribution in [2.45, 2.75) is 26.1 Å². The van der Waals surface area contributed by atoms with Crippen LogP contribution in [0.3, 0.4) is 0 Å². The Kier molecular flexibility index (Phi) is 3.58. The maximum Gasteiger partial charge on any atom is 0.256 e. The first-order valence-electron chi connectivity index (χ1n) is 9.14. The first kappa shape index (κ1) is 15.9. The van der Waals surface area contributed by atoms with Crippen LogP contribution in [0.25, 0.3) is 10.9 Å². The number of nitrogens with one attached hydrogen (secondary N) is 2. The normalized spacial score (nSPS) is 19.8. The van der Waals surface area contributed by atoms with Crippen molar-refractivity contribution in [3.63, 3.8) is 0 Å². The lowest BCUT2D eigenvalue weighted by molar-refractivity contribution is 0.0935. The van der Waals surface area contributed by atoms with Crippen LogP contribution in [0.15, 0.2) is 30.5 Å². The van der Waals surface area contributed by atoms with Gasteiger partial charge in [0.2, 0.25) is 0 Å². The van der Waals surface area contributed by atoms with Crippen LogP contribution in [-0.4, -0.2) is 28.5 Å². The molecule has 2 aromatic heterocycles. The molecule has 2 N–H and O–H groups in total. The molecule has 6 heteroatoms. The Hall–Kier alpha value is -2.31. The second-order valence-electron chi connectivity index (χ2n) is 7.09. The van der Waals surface area contributed by atoms with E-state index in [2.05, 4.69) is 45.4 Å². The molecule has 1 unspecified atom stereocenters. The number of carbonyl (C=O) groups is 1. The van der Waals surface area contributed by atoms with Crippen molar-refractivity contribution in [2.75, 3.05) is 18.4 Å². The third kappa shape index (κ3) is 2.29. The predicted octanol–water partition coefficient (Wildman–Crippen LogP) is 3.47. The molecule has 3 aromatic rings. The van der Waals surface area contributed by atoms with Crippen molar-refractivity contribution in [3.8, 4) is 0 Å². The maximum absolute atomic E-state index is 12.9. The van der Waals surface area contributed by atoms with Crippen molar-refractivity contribution in [2.24, 2.45) is 7.05 Å². The molecule has 0 radical (unpaired) electrons. The summed E-state index contributed by atoms with van der Waals surface area (Å²) in [5.74, 6) is 0.0548. The van der Waals surface area contributed by atoms with E-state index in [1.165, 1.54) is 21.3 Å². The van der Waals surface area contributed by atoms with Gasteiger partial charge in [0.1, 0.15) is 11.2 Å². The summed E-state index contributed by atoms with van der Waals surface area (Å²) in [4.78, 5) is 16.7. The number of hydrogen-bond acceptors (Lipinski definition) is 4. The molecule has 0 saturated carbocycles. The number of thiophene rings is 1. The molecule has 1 amide bonds. The van der Waals surface area contributed by atoms with Gasteiger partial charge in [-0.3, -0.25) is 9.69 Å². The number of rotatable bonds is 2. The van der Waals surface area contributed by atoms with E-state index in [1.807, 2.05) is 19.2 Å². The van der Waals surface area contributed by atoms with Crippen LogP contribution in [0.5, 0.6) is 0 Å². The molecular formula is C20H22N4OS. The number of aromatic nitrogens is 1. The van der Waals surface area contributed by atoms with Gasteiger partial charge in [0.05, 0.1) is 5.56 Å². The van der Waals surface area contributed by atoms with E-state index in [0.29, 0.717) is 0 Å². The van der Waals surface area contributed by atoms with Gasteiger partial charge in [0.15, 0.2) is 0 Å². The second kappa shape index (κ2) is 5.86. The average molecular weight is 366 g/mol. The van der Waals surface area contributed by atoms with Gasteiger partial charge in [-0.2, -0.15) is 0 Å². The number of carbonyl (C=O) groups excluding carboxylic acids is 1. The van der Waals surface area contributed by atoms with Crippen LogP contribution in [0, 0.1) is 0 Å². The average Bonchev–Trinajstić information content (AvgIpc) is 3.19. The molecule has 5 nitrogen and oxygen atoms in total. The Morgan fingerprint density at radius 1 is 1.27 bits per heavy atom. The fraction of sp³-hybridized carbons (Fsp3) is 0.350. The number of likely N-dealkylation sites (N-methyl/N-ethyl adjacent to an activating group) is 1. The van der Waals surface area contributed by atoms with Crippen molar-refractivity contribution in [1.82, 2.24) is 14.8 Å². The quantitative estimate of drug-likeness (QED) is 0.730. The fourth-order valence-electron chi connectivity index (χ4n) is 4.20. The number of para-hydroxylation sites is 1. The molecule has 1 aromatic carbocycles. The molecule has 0 aliphatic carbocycles. The molecule has 0 saturated heterocycles. The largest absolute Gasteiger partial charge is 0.353 e. The van der Waals surface area contributed by atoms with Crippen LogP contribution in [0.1, 0.15) is 39.5 Å². The molecule has 134 valence electrons. The summed E-state index contributed by atoms with van der Waals surface area (Å²) in [6.07, 6.45) is 2.88. The Balaban J connectivity index is 1.55. The van der Waals surface area contributed by atoms with Gasteiger partial charge < -0.3 is 15.2 Å². The van der Waals surface area contributed by atoms with Crippen LogP contribution >= 0.6 is 11.3 Å². The van der Waals surface area contributed by atoms with Gasteiger partial charge in [-0.15, -0.1) is 11.3 Å². The maximum atomic E-state index is 12.9. The zero-order valence-corrected chi connectivity index (χ0v) is 15.8. The first-order valence-corrected chi connectivity index (χ1v) is 9.95. The molecule has 0 spiro atoms. The lowest BCUT2D eigenvalue weighted by Crippen LogP contribution is -2.38. The molecule has 0 bridgehead atoms. The van der Waals surface area contributed by atoms with E-state index in [4.69, 9.17) is 0 Å². The summed E-state index contributed by atoms with van der Waals surface area (Å²) in [6.45, 7) is 5.24. The number of amides is 1. The number of benzene rings is 1. The lowest BCUT2D eigenvalue weighted by atomic mass is 10.0. The minimum Gasteiger partial charge on any atom is -0.353 e. The number of fused-ring (bicyclic) bond motifs is 4. The molecule has 1 atom stereocenters. The molecule has 2 aliphatic rings. The van der Waals surface area contributed by atoms with Crippen molar-refractivity contribution < 1.29 is 4.79 Å². The minimum absolute atomic E-state index is 0.0548. The first-order chi connectivity index (χ1) is 12.7. The summed E-state index contributed by atoms with van der Waals surface area (Å²) >= 11 is 1.75. The van der Waals surface area contributed by atoms with Crippen molar-refractivity contribution in [1.29, 1.82) is 0 Å². The highest BCUT2D eigenvalue weighted by Crippen LogP contribution is 2.41. The van der Waals surface area contributed by atoms with Crippen LogP contribution in [0.4, 0.5) is 5.00 Å². The molecule has 0 fully saturated rings. The topological polar surface area (TPSA) is 49.3 Å². The molecule has 4 heterocycles. The summed E-state index contributed by atoms with van der Waals surface area (Å²) in [7, 11) is 2.05. The number of hydrogen-bond donors (Lipinski definition) is 2. The number of aryl methyl sites for hydroxylation is 1. The monoisotopic (exact) mass is 366 g/mol. The second-order valence-corrected chi connectivity index (χ2v) is 8.20. The highest BCUT2D eigenvalue weighted by molar-refractivity contribution is 7.16. The highest BCUT2D eigenvalue weighted by Gasteiger charge is 2.33. The van der Waals surface area contributed by atoms with Crippen LogP contribution in [-0.2, 0) is 20.0 Å². The Morgan fingerprint density at radius 2 is 2.12 bits per heavy atom. The van der Waals surface area contributed by atoms with Crippen LogP contribution in [0.2, 0.25) is 0 Å². The lowest BCUT2D eigenvalue weighted by Gasteiger charge is -2.27. The molecule has 2 aliphatic heterocycles. The van der Waals surface area contributed by atoms with Crippen LogP contribution < -0.4 is 10.6 Å². The van der Waals surface area contributed by atoms with Gasteiger partial charge in [-0.1, -0.05) is 25.1 Å². The zero-order chi connectivity index (χ0) is 17.8. The van der Waals surface area contributed by atoms with E-state index in [-0.39, 0.29) is 12.1 Å². The van der Waals surface area contributed by atoms with Crippen molar-refractivity contribution >= 4 is 33.1 Å². The van der Waals surface area contributed by atoms with Gasteiger partial charge >= 0.3 is 0 Å². The highest BCUT2D eigenvalue weighted by atomic mass is 32.1. The van der Waals surface area contributed by atoms with E-state index >= 15 is 0 Å². The Labute approximate surface area is 156 Å². The van der Waals surface area contributed by atoms with Crippen molar-refractivity contribution in [3.05, 3.63) is 52.0 Å². The van der Waals surface area contributed by atoms with E-state index < -0.39 is 0 Å². The Morgan fingerprint density at radius 3 is 2.96 bits per heavy atom. The molecule has 5 rings (SSSR count). The smallest absolute Gasteiger partial charge is 0.256 e. The van der Waals surface area contributed by atoms with Gasteiger partial charge in [-0.25, -0.2) is 0 Å². The number of nitrogens with zero attached hydrogens (tertiary/aromatic N) is 2. The SMILES string of the molecule is CCN1CCc2c(sc3c2C(=O)NC(c2cn(C)c4ccccc24)N3)C1. The Bertz CT molecular complexity index is 1020. The van der Waals surface area contributed by atoms with E-state index in [1.54, 1.807) is 11.3 Å².